The van der Waals surface area contributed by atoms with E-state index in [9.17, 15) is 13.2 Å². The molecule has 0 N–H and O–H groups in total. The van der Waals surface area contributed by atoms with Gasteiger partial charge in [0.1, 0.15) is 5.75 Å². The summed E-state index contributed by atoms with van der Waals surface area (Å²) in [4.78, 5) is 14.3. The summed E-state index contributed by atoms with van der Waals surface area (Å²) in [6.45, 7) is 4.28. The number of methoxy groups -OCH3 is 1. The van der Waals surface area contributed by atoms with Crippen molar-refractivity contribution < 1.29 is 17.9 Å². The minimum atomic E-state index is -3.00. The highest BCUT2D eigenvalue weighted by molar-refractivity contribution is 7.91. The molecule has 21 heavy (non-hydrogen) atoms. The van der Waals surface area contributed by atoms with E-state index in [2.05, 4.69) is 0 Å². The molecule has 1 aliphatic rings. The number of carbonyl (C=O) groups excluding carboxylic acids is 1. The molecule has 0 bridgehead atoms. The predicted molar refractivity (Wildman–Crippen MR) is 81.5 cm³/mol. The van der Waals surface area contributed by atoms with Crippen LogP contribution in [0.15, 0.2) is 18.2 Å². The van der Waals surface area contributed by atoms with Gasteiger partial charge >= 0.3 is 0 Å². The fourth-order valence-electron chi connectivity index (χ4n) is 2.71. The Morgan fingerprint density at radius 3 is 2.67 bits per heavy atom. The van der Waals surface area contributed by atoms with Crippen LogP contribution in [0.3, 0.4) is 0 Å². The first-order valence-corrected chi connectivity index (χ1v) is 8.86. The molecule has 1 heterocycles. The number of hydrogen-bond acceptors (Lipinski definition) is 4. The maximum absolute atomic E-state index is 12.6. The van der Waals surface area contributed by atoms with Crippen LogP contribution in [0.2, 0.25) is 0 Å². The van der Waals surface area contributed by atoms with Crippen LogP contribution in [0.4, 0.5) is 0 Å². The molecule has 1 unspecified atom stereocenters. The van der Waals surface area contributed by atoms with Crippen LogP contribution in [0, 0.1) is 6.92 Å². The third-order valence-electron chi connectivity index (χ3n) is 3.91. The molecule has 1 saturated heterocycles. The molecule has 116 valence electrons. The SMILES string of the molecule is CCN(C(=O)c1ccc(C)c(OC)c1)C1CCS(=O)(=O)C1. The number of sulfone groups is 1. The normalized spacial score (nSPS) is 20.2. The summed E-state index contributed by atoms with van der Waals surface area (Å²) in [6, 6.07) is 5.08. The lowest BCUT2D eigenvalue weighted by Crippen LogP contribution is -2.41. The molecule has 1 aliphatic heterocycles. The van der Waals surface area contributed by atoms with Crippen molar-refractivity contribution in [1.82, 2.24) is 4.90 Å². The third kappa shape index (κ3) is 3.37. The molecule has 0 aliphatic carbocycles. The molecule has 2 rings (SSSR count). The van der Waals surface area contributed by atoms with Gasteiger partial charge < -0.3 is 9.64 Å². The van der Waals surface area contributed by atoms with Crippen molar-refractivity contribution in [3.05, 3.63) is 29.3 Å². The van der Waals surface area contributed by atoms with Gasteiger partial charge in [0.15, 0.2) is 9.84 Å². The highest BCUT2D eigenvalue weighted by Crippen LogP contribution is 2.23. The van der Waals surface area contributed by atoms with Gasteiger partial charge in [0.2, 0.25) is 0 Å². The molecular weight excluding hydrogens is 290 g/mol. The van der Waals surface area contributed by atoms with Crippen LogP contribution >= 0.6 is 0 Å². The zero-order valence-corrected chi connectivity index (χ0v) is 13.4. The van der Waals surface area contributed by atoms with E-state index >= 15 is 0 Å². The van der Waals surface area contributed by atoms with Crippen LogP contribution in [0.1, 0.15) is 29.3 Å². The van der Waals surface area contributed by atoms with Gasteiger partial charge in [0, 0.05) is 18.2 Å². The second-order valence-corrected chi connectivity index (χ2v) is 7.56. The second-order valence-electron chi connectivity index (χ2n) is 5.33. The highest BCUT2D eigenvalue weighted by Gasteiger charge is 2.34. The summed E-state index contributed by atoms with van der Waals surface area (Å²) < 4.78 is 28.5. The topological polar surface area (TPSA) is 63.7 Å². The number of hydrogen-bond donors (Lipinski definition) is 0. The Morgan fingerprint density at radius 1 is 1.43 bits per heavy atom. The van der Waals surface area contributed by atoms with E-state index in [-0.39, 0.29) is 23.5 Å². The standard InChI is InChI=1S/C15H21NO4S/c1-4-16(13-7-8-21(18,19)10-13)15(17)12-6-5-11(2)14(9-12)20-3/h5-6,9,13H,4,7-8,10H2,1-3H3. The molecule has 0 saturated carbocycles. The lowest BCUT2D eigenvalue weighted by molar-refractivity contribution is 0.0708. The molecule has 1 fully saturated rings. The molecule has 0 aromatic heterocycles. The van der Waals surface area contributed by atoms with Gasteiger partial charge in [-0.2, -0.15) is 0 Å². The van der Waals surface area contributed by atoms with Crippen molar-refractivity contribution in [2.24, 2.45) is 0 Å². The molecule has 5 nitrogen and oxygen atoms in total. The number of nitrogens with zero attached hydrogens (tertiary/aromatic N) is 1. The van der Waals surface area contributed by atoms with Crippen molar-refractivity contribution >= 4 is 15.7 Å². The Kier molecular flexibility index (Phi) is 4.56. The molecule has 1 amide bonds. The molecule has 1 aromatic carbocycles. The number of benzene rings is 1. The third-order valence-corrected chi connectivity index (χ3v) is 5.66. The number of carbonyl (C=O) groups is 1. The van der Waals surface area contributed by atoms with Crippen LogP contribution in [0.25, 0.3) is 0 Å². The smallest absolute Gasteiger partial charge is 0.254 e. The Bertz CT molecular complexity index is 639. The van der Waals surface area contributed by atoms with Crippen molar-refractivity contribution in [3.63, 3.8) is 0 Å². The highest BCUT2D eigenvalue weighted by atomic mass is 32.2. The van der Waals surface area contributed by atoms with Crippen molar-refractivity contribution in [2.45, 2.75) is 26.3 Å². The molecule has 6 heteroatoms. The molecule has 0 spiro atoms. The maximum Gasteiger partial charge on any atom is 0.254 e. The lowest BCUT2D eigenvalue weighted by atomic mass is 10.1. The quantitative estimate of drug-likeness (QED) is 0.848. The van der Waals surface area contributed by atoms with Gasteiger partial charge in [-0.25, -0.2) is 8.42 Å². The van der Waals surface area contributed by atoms with E-state index in [0.717, 1.165) is 5.56 Å². The first kappa shape index (κ1) is 15.8. The molecule has 1 aromatic rings. The molecule has 1 atom stereocenters. The van der Waals surface area contributed by atoms with Gasteiger partial charge in [0.05, 0.1) is 18.6 Å². The zero-order valence-electron chi connectivity index (χ0n) is 12.6. The minimum absolute atomic E-state index is 0.0651. The summed E-state index contributed by atoms with van der Waals surface area (Å²) in [5.41, 5.74) is 1.49. The van der Waals surface area contributed by atoms with Crippen LogP contribution < -0.4 is 4.74 Å². The Balaban J connectivity index is 2.25. The monoisotopic (exact) mass is 311 g/mol. The van der Waals surface area contributed by atoms with Crippen LogP contribution in [0.5, 0.6) is 5.75 Å². The van der Waals surface area contributed by atoms with Gasteiger partial charge in [-0.3, -0.25) is 4.79 Å². The van der Waals surface area contributed by atoms with Crippen molar-refractivity contribution in [2.75, 3.05) is 25.2 Å². The van der Waals surface area contributed by atoms with Gasteiger partial charge in [-0.05, 0) is 38.0 Å². The van der Waals surface area contributed by atoms with Crippen LogP contribution in [-0.4, -0.2) is 50.4 Å². The van der Waals surface area contributed by atoms with E-state index in [1.807, 2.05) is 19.9 Å². The number of amides is 1. The Hall–Kier alpha value is -1.56. The fraction of sp³-hybridized carbons (Fsp3) is 0.533. The summed E-state index contributed by atoms with van der Waals surface area (Å²) in [5.74, 6) is 0.752. The second kappa shape index (κ2) is 6.05. The summed E-state index contributed by atoms with van der Waals surface area (Å²) in [6.07, 6.45) is 0.519. The Labute approximate surface area is 125 Å². The number of ether oxygens (including phenoxy) is 1. The van der Waals surface area contributed by atoms with E-state index in [0.29, 0.717) is 24.3 Å². The molecular formula is C15H21NO4S. The van der Waals surface area contributed by atoms with Gasteiger partial charge in [-0.15, -0.1) is 0 Å². The first-order valence-electron chi connectivity index (χ1n) is 7.04. The number of rotatable bonds is 4. The average Bonchev–Trinajstić information content (AvgIpc) is 2.80. The van der Waals surface area contributed by atoms with E-state index in [1.54, 1.807) is 24.1 Å². The lowest BCUT2D eigenvalue weighted by Gasteiger charge is -2.27. The summed E-state index contributed by atoms with van der Waals surface area (Å²) in [7, 11) is -1.44. The molecule has 0 radical (unpaired) electrons. The van der Waals surface area contributed by atoms with E-state index < -0.39 is 9.84 Å². The zero-order chi connectivity index (χ0) is 15.6. The maximum atomic E-state index is 12.6. The predicted octanol–water partition coefficient (Wildman–Crippen LogP) is 1.65. The summed E-state index contributed by atoms with van der Waals surface area (Å²) >= 11 is 0. The largest absolute Gasteiger partial charge is 0.496 e. The first-order chi connectivity index (χ1) is 9.88. The van der Waals surface area contributed by atoms with Crippen molar-refractivity contribution in [3.8, 4) is 5.75 Å². The van der Waals surface area contributed by atoms with Gasteiger partial charge in [0.25, 0.3) is 5.91 Å². The van der Waals surface area contributed by atoms with Crippen molar-refractivity contribution in [1.29, 1.82) is 0 Å². The Morgan fingerprint density at radius 2 is 2.14 bits per heavy atom. The van der Waals surface area contributed by atoms with E-state index in [4.69, 9.17) is 4.74 Å². The van der Waals surface area contributed by atoms with Crippen LogP contribution in [-0.2, 0) is 9.84 Å². The number of aryl methyl sites for hydroxylation is 1. The van der Waals surface area contributed by atoms with Gasteiger partial charge in [-0.1, -0.05) is 6.07 Å². The van der Waals surface area contributed by atoms with E-state index in [1.165, 1.54) is 0 Å². The fourth-order valence-corrected chi connectivity index (χ4v) is 4.44. The summed E-state index contributed by atoms with van der Waals surface area (Å²) in [5, 5.41) is 0. The average molecular weight is 311 g/mol. The minimum Gasteiger partial charge on any atom is -0.496 e.